The molecule has 0 aromatic rings. The first-order valence-corrected chi connectivity index (χ1v) is 6.84. The van der Waals surface area contributed by atoms with Crippen molar-refractivity contribution in [1.29, 1.82) is 0 Å². The molecule has 0 aliphatic carbocycles. The molecule has 0 heterocycles. The van der Waals surface area contributed by atoms with Gasteiger partial charge in [0, 0.05) is 6.26 Å². The first-order valence-electron chi connectivity index (χ1n) is 4.95. The highest BCUT2D eigenvalue weighted by atomic mass is 32.2. The third kappa shape index (κ3) is 3.55. The number of nitrogens with zero attached hydrogens (tertiary/aromatic N) is 1. The first kappa shape index (κ1) is 15.0. The molecule has 0 amide bonds. The molecular weight excluding hydrogens is 234 g/mol. The summed E-state index contributed by atoms with van der Waals surface area (Å²) < 4.78 is 26.3. The molecule has 0 spiro atoms. The van der Waals surface area contributed by atoms with Gasteiger partial charge in [-0.2, -0.15) is 4.91 Å². The molecule has 0 aliphatic heterocycles. The maximum absolute atomic E-state index is 11.6. The van der Waals surface area contributed by atoms with Crippen molar-refractivity contribution in [3.05, 3.63) is 4.91 Å². The molecular formula is C9H17NO5S. The second-order valence-electron chi connectivity index (χ2n) is 3.68. The van der Waals surface area contributed by atoms with Crippen molar-refractivity contribution in [2.45, 2.75) is 31.4 Å². The zero-order valence-electron chi connectivity index (χ0n) is 9.73. The van der Waals surface area contributed by atoms with Crippen molar-refractivity contribution >= 4 is 15.8 Å². The molecule has 0 fully saturated rings. The summed E-state index contributed by atoms with van der Waals surface area (Å²) in [5.41, 5.74) is 0. The van der Waals surface area contributed by atoms with Crippen LogP contribution in [-0.4, -0.2) is 38.5 Å². The van der Waals surface area contributed by atoms with Gasteiger partial charge in [0.15, 0.2) is 14.6 Å². The van der Waals surface area contributed by atoms with E-state index in [-0.39, 0.29) is 26.0 Å². The number of nitroso groups, excluding NO2 is 1. The average Bonchev–Trinajstić information content (AvgIpc) is 2.16. The Morgan fingerprint density at radius 2 is 2.00 bits per heavy atom. The third-order valence-corrected chi connectivity index (χ3v) is 4.44. The Hall–Kier alpha value is -0.980. The van der Waals surface area contributed by atoms with Crippen LogP contribution in [0.4, 0.5) is 0 Å². The zero-order valence-corrected chi connectivity index (χ0v) is 10.5. The van der Waals surface area contributed by atoms with E-state index in [4.69, 9.17) is 4.74 Å². The molecule has 7 heteroatoms. The summed E-state index contributed by atoms with van der Waals surface area (Å²) in [6.07, 6.45) is 1.26. The standard InChI is InChI=1S/C9H17NO5S/c1-4-15-8(11)9(2,16(3,13)14)6-5-7-10-12/h4-7H2,1-3H3. The van der Waals surface area contributed by atoms with Crippen LogP contribution in [0.5, 0.6) is 0 Å². The van der Waals surface area contributed by atoms with Crippen molar-refractivity contribution in [3.63, 3.8) is 0 Å². The highest BCUT2D eigenvalue weighted by molar-refractivity contribution is 7.92. The van der Waals surface area contributed by atoms with E-state index in [1.165, 1.54) is 6.92 Å². The number of hydrogen-bond acceptors (Lipinski definition) is 6. The minimum Gasteiger partial charge on any atom is -0.465 e. The Bertz CT molecular complexity index is 351. The molecule has 16 heavy (non-hydrogen) atoms. The SMILES string of the molecule is CCOC(=O)C(C)(CCCN=O)S(C)(=O)=O. The second kappa shape index (κ2) is 5.93. The normalized spacial score (nSPS) is 15.2. The lowest BCUT2D eigenvalue weighted by Crippen LogP contribution is -2.44. The van der Waals surface area contributed by atoms with Crippen LogP contribution >= 0.6 is 0 Å². The van der Waals surface area contributed by atoms with E-state index in [1.807, 2.05) is 0 Å². The van der Waals surface area contributed by atoms with Crippen LogP contribution in [0.25, 0.3) is 0 Å². The molecule has 0 N–H and O–H groups in total. The summed E-state index contributed by atoms with van der Waals surface area (Å²) >= 11 is 0. The Balaban J connectivity index is 4.90. The number of carbonyl (C=O) groups excluding carboxylic acids is 1. The van der Waals surface area contributed by atoms with Gasteiger partial charge >= 0.3 is 5.97 Å². The minimum absolute atomic E-state index is 0.00941. The first-order chi connectivity index (χ1) is 7.29. The molecule has 0 aromatic heterocycles. The van der Waals surface area contributed by atoms with Crippen LogP contribution in [0.3, 0.4) is 0 Å². The largest absolute Gasteiger partial charge is 0.465 e. The number of ether oxygens (including phenoxy) is 1. The average molecular weight is 251 g/mol. The molecule has 94 valence electrons. The summed E-state index contributed by atoms with van der Waals surface area (Å²) in [6.45, 7) is 3.03. The number of carbonyl (C=O) groups is 1. The fraction of sp³-hybridized carbons (Fsp3) is 0.889. The highest BCUT2D eigenvalue weighted by Crippen LogP contribution is 2.24. The van der Waals surface area contributed by atoms with E-state index < -0.39 is 20.6 Å². The second-order valence-corrected chi connectivity index (χ2v) is 6.13. The topological polar surface area (TPSA) is 89.9 Å². The Morgan fingerprint density at radius 1 is 1.44 bits per heavy atom. The third-order valence-electron chi connectivity index (χ3n) is 2.43. The van der Waals surface area contributed by atoms with Crippen molar-refractivity contribution < 1.29 is 17.9 Å². The van der Waals surface area contributed by atoms with Gasteiger partial charge in [0.25, 0.3) is 0 Å². The summed E-state index contributed by atoms with van der Waals surface area (Å²) in [7, 11) is -3.58. The van der Waals surface area contributed by atoms with Crippen LogP contribution in [0, 0.1) is 4.91 Å². The Labute approximate surface area is 95.3 Å². The molecule has 1 unspecified atom stereocenters. The van der Waals surface area contributed by atoms with Crippen LogP contribution in [0.15, 0.2) is 5.18 Å². The highest BCUT2D eigenvalue weighted by Gasteiger charge is 2.44. The molecule has 0 rings (SSSR count). The lowest BCUT2D eigenvalue weighted by molar-refractivity contribution is -0.146. The molecule has 0 aromatic carbocycles. The fourth-order valence-corrected chi connectivity index (χ4v) is 2.08. The van der Waals surface area contributed by atoms with Crippen LogP contribution in [0.2, 0.25) is 0 Å². The van der Waals surface area contributed by atoms with Gasteiger partial charge < -0.3 is 4.74 Å². The molecule has 0 saturated carbocycles. The minimum atomic E-state index is -3.58. The van der Waals surface area contributed by atoms with Crippen LogP contribution < -0.4 is 0 Å². The van der Waals surface area contributed by atoms with Crippen molar-refractivity contribution in [2.24, 2.45) is 5.18 Å². The number of sulfone groups is 1. The molecule has 1 atom stereocenters. The number of rotatable bonds is 7. The zero-order chi connectivity index (χ0) is 12.8. The van der Waals surface area contributed by atoms with Gasteiger partial charge in [0.1, 0.15) is 0 Å². The smallest absolute Gasteiger partial charge is 0.327 e. The van der Waals surface area contributed by atoms with E-state index in [0.29, 0.717) is 0 Å². The maximum atomic E-state index is 11.6. The molecule has 6 nitrogen and oxygen atoms in total. The van der Waals surface area contributed by atoms with Crippen molar-refractivity contribution in [2.75, 3.05) is 19.4 Å². The fourth-order valence-electron chi connectivity index (χ4n) is 1.20. The van der Waals surface area contributed by atoms with Gasteiger partial charge in [-0.15, -0.1) is 0 Å². The summed E-state index contributed by atoms with van der Waals surface area (Å²) in [6, 6.07) is 0. The lowest BCUT2D eigenvalue weighted by atomic mass is 10.1. The molecule has 0 radical (unpaired) electrons. The maximum Gasteiger partial charge on any atom is 0.327 e. The monoisotopic (exact) mass is 251 g/mol. The van der Waals surface area contributed by atoms with E-state index in [1.54, 1.807) is 6.92 Å². The van der Waals surface area contributed by atoms with Gasteiger partial charge in [0.05, 0.1) is 13.2 Å². The number of hydrogen-bond donors (Lipinski definition) is 0. The molecule has 0 saturated heterocycles. The van der Waals surface area contributed by atoms with E-state index in [0.717, 1.165) is 6.26 Å². The van der Waals surface area contributed by atoms with E-state index in [9.17, 15) is 18.1 Å². The van der Waals surface area contributed by atoms with Crippen molar-refractivity contribution in [1.82, 2.24) is 0 Å². The predicted octanol–water partition coefficient (Wildman–Crippen LogP) is 0.899. The molecule has 0 aliphatic rings. The summed E-state index contributed by atoms with van der Waals surface area (Å²) in [5, 5.41) is 2.63. The van der Waals surface area contributed by atoms with Crippen molar-refractivity contribution in [3.8, 4) is 0 Å². The lowest BCUT2D eigenvalue weighted by Gasteiger charge is -2.24. The van der Waals surface area contributed by atoms with Gasteiger partial charge in [-0.3, -0.25) is 4.79 Å². The summed E-state index contributed by atoms with van der Waals surface area (Å²) in [5.74, 6) is -0.775. The van der Waals surface area contributed by atoms with Gasteiger partial charge in [0.2, 0.25) is 0 Å². The van der Waals surface area contributed by atoms with E-state index in [2.05, 4.69) is 5.18 Å². The number of esters is 1. The quantitative estimate of drug-likeness (QED) is 0.381. The van der Waals surface area contributed by atoms with Crippen LogP contribution in [0.1, 0.15) is 26.7 Å². The van der Waals surface area contributed by atoms with Gasteiger partial charge in [-0.05, 0) is 26.7 Å². The predicted molar refractivity (Wildman–Crippen MR) is 59.8 cm³/mol. The molecule has 0 bridgehead atoms. The Morgan fingerprint density at radius 3 is 2.38 bits per heavy atom. The van der Waals surface area contributed by atoms with E-state index >= 15 is 0 Å². The summed E-state index contributed by atoms with van der Waals surface area (Å²) in [4.78, 5) is 21.5. The van der Waals surface area contributed by atoms with Gasteiger partial charge in [-0.1, -0.05) is 5.18 Å². The Kier molecular flexibility index (Phi) is 5.57. The van der Waals surface area contributed by atoms with Crippen LogP contribution in [-0.2, 0) is 19.4 Å². The van der Waals surface area contributed by atoms with Gasteiger partial charge in [-0.25, -0.2) is 8.42 Å².